The van der Waals surface area contributed by atoms with Gasteiger partial charge in [-0.1, -0.05) is 59.7 Å². The summed E-state index contributed by atoms with van der Waals surface area (Å²) < 4.78 is 92.2. The Balaban J connectivity index is 0.000000271. The Labute approximate surface area is 182 Å². The second-order valence-electron chi connectivity index (χ2n) is 6.56. The van der Waals surface area contributed by atoms with E-state index in [1.165, 1.54) is 11.1 Å². The maximum atomic E-state index is 13.5. The predicted molar refractivity (Wildman–Crippen MR) is 96.1 cm³/mol. The first-order valence-corrected chi connectivity index (χ1v) is 8.53. The van der Waals surface area contributed by atoms with Crippen molar-refractivity contribution in [2.24, 2.45) is 0 Å². The van der Waals surface area contributed by atoms with Crippen LogP contribution in [-0.4, -0.2) is 7.25 Å². The normalized spacial score (nSPS) is 17.8. The topological polar surface area (TPSA) is 0 Å². The number of benzene rings is 2. The van der Waals surface area contributed by atoms with Gasteiger partial charge < -0.3 is 17.3 Å². The van der Waals surface area contributed by atoms with Gasteiger partial charge in [-0.05, 0) is 13.8 Å². The number of allylic oxidation sites excluding steroid dienone is 4. The molecule has 0 fully saturated rings. The zero-order valence-corrected chi connectivity index (χ0v) is 18.1. The summed E-state index contributed by atoms with van der Waals surface area (Å²) in [5.74, 6) is -7.01. The van der Waals surface area contributed by atoms with Gasteiger partial charge in [0.1, 0.15) is 0 Å². The van der Waals surface area contributed by atoms with Crippen LogP contribution in [0.5, 0.6) is 0 Å². The molecule has 0 atom stereocenters. The van der Waals surface area contributed by atoms with Crippen molar-refractivity contribution in [1.29, 1.82) is 0 Å². The van der Waals surface area contributed by atoms with Gasteiger partial charge >= 0.3 is 7.25 Å². The van der Waals surface area contributed by atoms with Gasteiger partial charge in [0.15, 0.2) is 23.3 Å². The zero-order valence-electron chi connectivity index (χ0n) is 15.7. The van der Waals surface area contributed by atoms with E-state index in [1.54, 1.807) is 24.3 Å². The molecule has 0 spiro atoms. The molecule has 2 aromatic carbocycles. The molecule has 0 aromatic heterocycles. The van der Waals surface area contributed by atoms with Crippen molar-refractivity contribution in [3.8, 4) is 0 Å². The predicted octanol–water partition coefficient (Wildman–Crippen LogP) is 7.15. The van der Waals surface area contributed by atoms with Gasteiger partial charge in [0.05, 0.1) is 0 Å². The van der Waals surface area contributed by atoms with Crippen molar-refractivity contribution in [2.75, 3.05) is 0 Å². The molecule has 0 nitrogen and oxygen atoms in total. The van der Waals surface area contributed by atoms with E-state index in [1.807, 2.05) is 0 Å². The maximum absolute atomic E-state index is 13.5. The first kappa shape index (κ1) is 26.1. The Morgan fingerprint density at radius 2 is 0.933 bits per heavy atom. The molecule has 0 unspecified atom stereocenters. The standard InChI is InChI=1S/C12H6F4.C8H10.BF4.Ir/c13-9-7-5-1-2-6(4-3-5)8(7)10(14)12(16)11(9)15;1-7-4-3-5-8(2)6-7;2-1(3,4)5;/h1-6H;3-6H,1-2H3;;/q;;-1;. The molecule has 5 rings (SSSR count). The van der Waals surface area contributed by atoms with E-state index in [-0.39, 0.29) is 31.2 Å². The SMILES string of the molecule is Cc1cccc(C)c1.F[B-](F)(F)F.Fc1c(F)c(F)c2c(c1F)C1C=CC2C=C1.[Ir]. The van der Waals surface area contributed by atoms with Crippen LogP contribution in [0.15, 0.2) is 48.6 Å². The monoisotopic (exact) mass is 612 g/mol. The van der Waals surface area contributed by atoms with Crippen LogP contribution in [0.25, 0.3) is 0 Å². The van der Waals surface area contributed by atoms with E-state index >= 15 is 0 Å². The number of hydrogen-bond donors (Lipinski definition) is 0. The van der Waals surface area contributed by atoms with Crippen molar-refractivity contribution in [2.45, 2.75) is 25.7 Å². The van der Waals surface area contributed by atoms with Crippen LogP contribution in [0, 0.1) is 37.1 Å². The van der Waals surface area contributed by atoms with Gasteiger partial charge in [-0.25, -0.2) is 17.6 Å². The first-order valence-electron chi connectivity index (χ1n) is 8.53. The van der Waals surface area contributed by atoms with Gasteiger partial charge in [0.25, 0.3) is 0 Å². The molecular formula is C20H16BF8Ir-. The fraction of sp³-hybridized carbons (Fsp3) is 0.200. The molecule has 3 aliphatic carbocycles. The zero-order chi connectivity index (χ0) is 21.9. The average molecular weight is 611 g/mol. The first-order chi connectivity index (χ1) is 13.4. The van der Waals surface area contributed by atoms with Crippen molar-refractivity contribution in [3.05, 3.63) is 94.1 Å². The van der Waals surface area contributed by atoms with E-state index in [2.05, 4.69) is 38.1 Å². The molecular weight excluding hydrogens is 595 g/mol. The maximum Gasteiger partial charge on any atom is 0.673 e. The van der Waals surface area contributed by atoms with Gasteiger partial charge in [-0.3, -0.25) is 0 Å². The third-order valence-electron chi connectivity index (χ3n) is 4.23. The van der Waals surface area contributed by atoms with Crippen molar-refractivity contribution in [1.82, 2.24) is 0 Å². The Morgan fingerprint density at radius 1 is 0.633 bits per heavy atom. The van der Waals surface area contributed by atoms with Gasteiger partial charge in [-0.15, -0.1) is 0 Å². The minimum atomic E-state index is -6.00. The fourth-order valence-corrected chi connectivity index (χ4v) is 3.12. The van der Waals surface area contributed by atoms with Crippen LogP contribution in [0.1, 0.15) is 34.1 Å². The second-order valence-corrected chi connectivity index (χ2v) is 6.56. The number of hydrogen-bond acceptors (Lipinski definition) is 0. The number of halogens is 8. The Kier molecular flexibility index (Phi) is 9.05. The Hall–Kier alpha value is -1.93. The van der Waals surface area contributed by atoms with Crippen LogP contribution < -0.4 is 0 Å². The molecule has 2 aromatic rings. The van der Waals surface area contributed by atoms with Crippen molar-refractivity contribution < 1.29 is 54.9 Å². The average Bonchev–Trinajstić information content (AvgIpc) is 2.64. The van der Waals surface area contributed by atoms with E-state index in [0.717, 1.165) is 0 Å². The largest absolute Gasteiger partial charge is 0.673 e. The quantitative estimate of drug-likeness (QED) is 0.0977. The summed E-state index contributed by atoms with van der Waals surface area (Å²) in [5.41, 5.74) is 2.52. The summed E-state index contributed by atoms with van der Waals surface area (Å²) in [6.45, 7) is 4.21. The molecule has 165 valence electrons. The Bertz CT molecular complexity index is 869. The van der Waals surface area contributed by atoms with Gasteiger partial charge in [-0.2, -0.15) is 0 Å². The molecule has 0 N–H and O–H groups in total. The fourth-order valence-electron chi connectivity index (χ4n) is 3.12. The van der Waals surface area contributed by atoms with Gasteiger partial charge in [0, 0.05) is 43.1 Å². The van der Waals surface area contributed by atoms with E-state index < -0.39 is 42.4 Å². The van der Waals surface area contributed by atoms with E-state index in [4.69, 9.17) is 0 Å². The molecule has 0 saturated heterocycles. The van der Waals surface area contributed by atoms with Crippen molar-refractivity contribution in [3.63, 3.8) is 0 Å². The second kappa shape index (κ2) is 10.4. The van der Waals surface area contributed by atoms with Gasteiger partial charge in [0.2, 0.25) is 0 Å². The minimum absolute atomic E-state index is 0. The van der Waals surface area contributed by atoms with E-state index in [9.17, 15) is 34.8 Å². The summed E-state index contributed by atoms with van der Waals surface area (Å²) in [4.78, 5) is 0. The molecule has 0 heterocycles. The molecule has 0 saturated carbocycles. The summed E-state index contributed by atoms with van der Waals surface area (Å²) in [6, 6.07) is 8.45. The van der Waals surface area contributed by atoms with Crippen LogP contribution in [0.3, 0.4) is 0 Å². The number of aryl methyl sites for hydroxylation is 2. The summed E-state index contributed by atoms with van der Waals surface area (Å²) >= 11 is 0. The molecule has 0 aliphatic heterocycles. The smallest absolute Gasteiger partial charge is 0.418 e. The molecule has 3 aliphatic rings. The van der Waals surface area contributed by atoms with Crippen LogP contribution in [-0.2, 0) is 20.1 Å². The van der Waals surface area contributed by atoms with Crippen molar-refractivity contribution >= 4 is 7.25 Å². The summed E-state index contributed by atoms with van der Waals surface area (Å²) in [6.07, 6.45) is 6.64. The Morgan fingerprint density at radius 3 is 1.17 bits per heavy atom. The molecule has 30 heavy (non-hydrogen) atoms. The molecule has 1 radical (unpaired) electrons. The minimum Gasteiger partial charge on any atom is -0.418 e. The third-order valence-corrected chi connectivity index (χ3v) is 4.23. The van der Waals surface area contributed by atoms with Crippen LogP contribution in [0.4, 0.5) is 34.8 Å². The summed E-state index contributed by atoms with van der Waals surface area (Å²) in [7, 11) is -6.00. The molecule has 0 amide bonds. The molecule has 2 bridgehead atoms. The summed E-state index contributed by atoms with van der Waals surface area (Å²) in [5, 5.41) is 0. The van der Waals surface area contributed by atoms with E-state index in [0.29, 0.717) is 0 Å². The third kappa shape index (κ3) is 6.54. The number of rotatable bonds is 0. The van der Waals surface area contributed by atoms with Crippen LogP contribution >= 0.6 is 0 Å². The van der Waals surface area contributed by atoms with Crippen LogP contribution in [0.2, 0.25) is 0 Å². The molecule has 10 heteroatoms.